The molecular weight excluding hydrogens is 403 g/mol. The summed E-state index contributed by atoms with van der Waals surface area (Å²) in [6, 6.07) is 6.93. The van der Waals surface area contributed by atoms with Crippen LogP contribution in [0.3, 0.4) is 0 Å². The van der Waals surface area contributed by atoms with E-state index in [0.717, 1.165) is 5.56 Å². The molecule has 2 aromatic rings. The molecule has 2 atom stereocenters. The van der Waals surface area contributed by atoms with Crippen molar-refractivity contribution in [3.05, 3.63) is 47.0 Å². The van der Waals surface area contributed by atoms with Crippen LogP contribution in [0.25, 0.3) is 6.08 Å². The second-order valence-corrected chi connectivity index (χ2v) is 8.28. The highest BCUT2D eigenvalue weighted by atomic mass is 19.1. The summed E-state index contributed by atoms with van der Waals surface area (Å²) in [6.45, 7) is 3.42. The van der Waals surface area contributed by atoms with E-state index in [2.05, 4.69) is 0 Å². The topological polar surface area (TPSA) is 63.2 Å². The maximum Gasteiger partial charge on any atom is 0.178 e. The van der Waals surface area contributed by atoms with Gasteiger partial charge in [-0.15, -0.1) is 0 Å². The molecule has 3 heterocycles. The molecule has 0 spiro atoms. The van der Waals surface area contributed by atoms with E-state index in [1.54, 1.807) is 18.2 Å². The van der Waals surface area contributed by atoms with Gasteiger partial charge in [0, 0.05) is 11.6 Å². The largest absolute Gasteiger partial charge is 0.493 e. The Morgan fingerprint density at radius 3 is 2.81 bits per heavy atom. The third-order valence-electron chi connectivity index (χ3n) is 5.74. The van der Waals surface area contributed by atoms with Crippen LogP contribution in [0.5, 0.6) is 28.7 Å². The molecule has 0 fully saturated rings. The fourth-order valence-corrected chi connectivity index (χ4v) is 4.30. The number of methoxy groups -OCH3 is 1. The van der Waals surface area contributed by atoms with Crippen LogP contribution in [0.15, 0.2) is 30.3 Å². The van der Waals surface area contributed by atoms with Gasteiger partial charge in [-0.2, -0.15) is 0 Å². The number of rotatable bonds is 4. The van der Waals surface area contributed by atoms with Crippen molar-refractivity contribution < 1.29 is 32.9 Å². The van der Waals surface area contributed by atoms with E-state index in [1.165, 1.54) is 7.11 Å². The summed E-state index contributed by atoms with van der Waals surface area (Å²) in [6.07, 6.45) is 3.39. The van der Waals surface area contributed by atoms with Gasteiger partial charge in [0.2, 0.25) is 0 Å². The number of benzene rings is 2. The SMILES string of the molecule is COc1cc2c(cc1OCCF)[C@@H]1C(=O)c3ccc4c(c3O[C@@H]1CO2)C=CC(C)(C)O4. The molecule has 0 bridgehead atoms. The molecule has 0 saturated carbocycles. The maximum absolute atomic E-state index is 13.6. The van der Waals surface area contributed by atoms with Crippen molar-refractivity contribution in [3.8, 4) is 28.7 Å². The van der Waals surface area contributed by atoms with Gasteiger partial charge in [0.15, 0.2) is 17.3 Å². The minimum Gasteiger partial charge on any atom is -0.493 e. The lowest BCUT2D eigenvalue weighted by atomic mass is 9.81. The summed E-state index contributed by atoms with van der Waals surface area (Å²) < 4.78 is 41.7. The Bertz CT molecular complexity index is 1090. The number of fused-ring (bicyclic) bond motifs is 6. The highest BCUT2D eigenvalue weighted by molar-refractivity contribution is 6.06. The predicted octanol–water partition coefficient (Wildman–Crippen LogP) is 4.35. The molecule has 6 nitrogen and oxygen atoms in total. The zero-order chi connectivity index (χ0) is 21.8. The number of ether oxygens (including phenoxy) is 5. The van der Waals surface area contributed by atoms with E-state index >= 15 is 0 Å². The van der Waals surface area contributed by atoms with E-state index in [0.29, 0.717) is 39.9 Å². The Kier molecular flexibility index (Phi) is 4.57. The van der Waals surface area contributed by atoms with Crippen LogP contribution in [0.2, 0.25) is 0 Å². The highest BCUT2D eigenvalue weighted by Crippen LogP contribution is 2.49. The van der Waals surface area contributed by atoms with Gasteiger partial charge in [0.1, 0.15) is 48.8 Å². The molecule has 2 aromatic carbocycles. The van der Waals surface area contributed by atoms with Gasteiger partial charge in [0.25, 0.3) is 0 Å². The molecule has 0 aromatic heterocycles. The summed E-state index contributed by atoms with van der Waals surface area (Å²) >= 11 is 0. The number of hydrogen-bond donors (Lipinski definition) is 0. The van der Waals surface area contributed by atoms with Crippen molar-refractivity contribution in [2.75, 3.05) is 27.0 Å². The van der Waals surface area contributed by atoms with E-state index in [-0.39, 0.29) is 19.0 Å². The summed E-state index contributed by atoms with van der Waals surface area (Å²) in [4.78, 5) is 13.6. The van der Waals surface area contributed by atoms with Gasteiger partial charge < -0.3 is 23.7 Å². The van der Waals surface area contributed by atoms with E-state index in [4.69, 9.17) is 23.7 Å². The number of Topliss-reactive ketones (excluding diaryl/α,β-unsaturated/α-hetero) is 1. The van der Waals surface area contributed by atoms with Crippen LogP contribution in [0.1, 0.15) is 41.3 Å². The number of hydrogen-bond acceptors (Lipinski definition) is 6. The van der Waals surface area contributed by atoms with Gasteiger partial charge in [-0.05, 0) is 44.2 Å². The summed E-state index contributed by atoms with van der Waals surface area (Å²) in [5.74, 6) is 1.91. The van der Waals surface area contributed by atoms with Crippen LogP contribution in [-0.4, -0.2) is 44.5 Å². The average molecular weight is 426 g/mol. The Hall–Kier alpha value is -3.22. The normalized spacial score (nSPS) is 22.0. The van der Waals surface area contributed by atoms with Gasteiger partial charge >= 0.3 is 0 Å². The van der Waals surface area contributed by atoms with E-state index < -0.39 is 24.3 Å². The fraction of sp³-hybridized carbons (Fsp3) is 0.375. The van der Waals surface area contributed by atoms with Gasteiger partial charge in [-0.25, -0.2) is 4.39 Å². The lowest BCUT2D eigenvalue weighted by Crippen LogP contribution is -2.43. The molecule has 0 aliphatic carbocycles. The standard InChI is InChI=1S/C24H23FO6/c1-24(2)7-6-13-16(31-24)5-4-14-22(26)21-15-10-19(28-9-8-25)18(27-3)11-17(15)29-12-20(21)30-23(13)14/h4-7,10-11,20-21H,8-9,12H2,1-3H3/t20-,21+/m1/s1. The smallest absolute Gasteiger partial charge is 0.178 e. The molecule has 0 saturated heterocycles. The van der Waals surface area contributed by atoms with Crippen molar-refractivity contribution in [3.63, 3.8) is 0 Å². The van der Waals surface area contributed by atoms with Gasteiger partial charge in [-0.1, -0.05) is 0 Å². The molecule has 162 valence electrons. The van der Waals surface area contributed by atoms with E-state index in [9.17, 15) is 9.18 Å². The quantitative estimate of drug-likeness (QED) is 0.725. The molecule has 7 heteroatoms. The zero-order valence-electron chi connectivity index (χ0n) is 17.6. The van der Waals surface area contributed by atoms with Crippen molar-refractivity contribution in [2.24, 2.45) is 0 Å². The molecule has 0 amide bonds. The van der Waals surface area contributed by atoms with Crippen LogP contribution >= 0.6 is 0 Å². The molecule has 3 aliphatic rings. The summed E-state index contributed by atoms with van der Waals surface area (Å²) in [7, 11) is 1.50. The molecule has 5 rings (SSSR count). The zero-order valence-corrected chi connectivity index (χ0v) is 17.6. The molecule has 0 unspecified atom stereocenters. The minimum atomic E-state index is -0.629. The molecule has 3 aliphatic heterocycles. The Balaban J connectivity index is 1.57. The van der Waals surface area contributed by atoms with Crippen LogP contribution in [-0.2, 0) is 0 Å². The van der Waals surface area contributed by atoms with Crippen LogP contribution < -0.4 is 23.7 Å². The van der Waals surface area contributed by atoms with Crippen molar-refractivity contribution in [1.82, 2.24) is 0 Å². The van der Waals surface area contributed by atoms with Crippen molar-refractivity contribution >= 4 is 11.9 Å². The number of carbonyl (C=O) groups is 1. The van der Waals surface area contributed by atoms with Crippen LogP contribution in [0.4, 0.5) is 4.39 Å². The predicted molar refractivity (Wildman–Crippen MR) is 112 cm³/mol. The second-order valence-electron chi connectivity index (χ2n) is 8.28. The second kappa shape index (κ2) is 7.18. The Morgan fingerprint density at radius 1 is 1.19 bits per heavy atom. The summed E-state index contributed by atoms with van der Waals surface area (Å²) in [5.41, 5.74) is 1.48. The third-order valence-corrected chi connectivity index (χ3v) is 5.74. The minimum absolute atomic E-state index is 0.0570. The molecular formula is C24H23FO6. The Morgan fingerprint density at radius 2 is 2.03 bits per heavy atom. The van der Waals surface area contributed by atoms with Gasteiger partial charge in [0.05, 0.1) is 24.2 Å². The first-order valence-corrected chi connectivity index (χ1v) is 10.2. The fourth-order valence-electron chi connectivity index (χ4n) is 4.30. The third kappa shape index (κ3) is 3.19. The van der Waals surface area contributed by atoms with Crippen LogP contribution in [0, 0.1) is 0 Å². The number of ketones is 1. The first kappa shape index (κ1) is 19.7. The lowest BCUT2D eigenvalue weighted by Gasteiger charge is -2.38. The number of halogens is 1. The highest BCUT2D eigenvalue weighted by Gasteiger charge is 2.45. The van der Waals surface area contributed by atoms with E-state index in [1.807, 2.05) is 32.1 Å². The maximum atomic E-state index is 13.6. The summed E-state index contributed by atoms with van der Waals surface area (Å²) in [5, 5.41) is 0. The number of alkyl halides is 1. The van der Waals surface area contributed by atoms with Crippen molar-refractivity contribution in [2.45, 2.75) is 31.5 Å². The monoisotopic (exact) mass is 426 g/mol. The molecule has 0 N–H and O–H groups in total. The number of carbonyl (C=O) groups excluding carboxylic acids is 1. The molecule has 0 radical (unpaired) electrons. The van der Waals surface area contributed by atoms with Gasteiger partial charge in [-0.3, -0.25) is 4.79 Å². The first-order valence-electron chi connectivity index (χ1n) is 10.2. The van der Waals surface area contributed by atoms with Crippen molar-refractivity contribution in [1.29, 1.82) is 0 Å². The first-order chi connectivity index (χ1) is 14.9. The lowest BCUT2D eigenvalue weighted by molar-refractivity contribution is 0.0552. The Labute approximate surface area is 179 Å². The molecule has 31 heavy (non-hydrogen) atoms. The average Bonchev–Trinajstić information content (AvgIpc) is 2.75.